The number of aliphatic imine (C=N–C) groups is 1. The lowest BCUT2D eigenvalue weighted by Crippen LogP contribution is -2.43. The van der Waals surface area contributed by atoms with Crippen molar-refractivity contribution >= 4 is 11.5 Å². The number of aromatic nitrogens is 2. The summed E-state index contributed by atoms with van der Waals surface area (Å²) in [6.07, 6.45) is 4.46. The molecule has 0 radical (unpaired) electrons. The molecule has 25 heavy (non-hydrogen) atoms. The molecule has 2 unspecified atom stereocenters. The molecule has 2 heterocycles. The average Bonchev–Trinajstić information content (AvgIpc) is 3.06. The number of fused-ring (bicyclic) bond motifs is 1. The van der Waals surface area contributed by atoms with E-state index in [1.54, 1.807) is 12.5 Å². The normalized spacial score (nSPS) is 25.4. The predicted octanol–water partition coefficient (Wildman–Crippen LogP) is 1.71. The fourth-order valence-electron chi connectivity index (χ4n) is 3.77. The number of rotatable bonds is 5. The van der Waals surface area contributed by atoms with Gasteiger partial charge in [0.1, 0.15) is 5.78 Å². The van der Waals surface area contributed by atoms with Gasteiger partial charge in [-0.25, -0.2) is 4.98 Å². The highest BCUT2D eigenvalue weighted by Gasteiger charge is 2.47. The van der Waals surface area contributed by atoms with E-state index in [1.165, 1.54) is 0 Å². The Kier molecular flexibility index (Phi) is 4.84. The molecule has 1 fully saturated rings. The highest BCUT2D eigenvalue weighted by molar-refractivity contribution is 6.10. The lowest BCUT2D eigenvalue weighted by atomic mass is 9.64. The van der Waals surface area contributed by atoms with Crippen LogP contribution in [0.15, 0.2) is 28.8 Å². The number of nitrogens with two attached hydrogens (primary N) is 1. The molecule has 7 nitrogen and oxygen atoms in total. The molecule has 1 aromatic rings. The molecule has 2 aliphatic rings. The quantitative estimate of drug-likeness (QED) is 0.791. The monoisotopic (exact) mass is 341 g/mol. The van der Waals surface area contributed by atoms with Crippen LogP contribution in [0.1, 0.15) is 38.3 Å². The molecule has 0 amide bonds. The number of allylic oxidation sites excluding steroid dienone is 1. The SMILES string of the molecule is CC1(C)CC(=O)C2C(=NC(COCCN)=C(C#N)C2c2cnc[nH]2)C1. The summed E-state index contributed by atoms with van der Waals surface area (Å²) in [6, 6.07) is 2.25. The number of nitrogens with zero attached hydrogens (tertiary/aromatic N) is 3. The minimum Gasteiger partial charge on any atom is -0.374 e. The Morgan fingerprint density at radius 3 is 2.88 bits per heavy atom. The highest BCUT2D eigenvalue weighted by atomic mass is 16.5. The molecule has 1 aromatic heterocycles. The zero-order chi connectivity index (χ0) is 18.0. The minimum absolute atomic E-state index is 0.127. The largest absolute Gasteiger partial charge is 0.374 e. The van der Waals surface area contributed by atoms with Crippen LogP contribution < -0.4 is 5.73 Å². The first-order valence-corrected chi connectivity index (χ1v) is 8.46. The molecule has 3 rings (SSSR count). The summed E-state index contributed by atoms with van der Waals surface area (Å²) in [4.78, 5) is 24.7. The molecular formula is C18H23N5O2. The smallest absolute Gasteiger partial charge is 0.143 e. The van der Waals surface area contributed by atoms with E-state index < -0.39 is 5.92 Å². The Labute approximate surface area is 147 Å². The third-order valence-corrected chi connectivity index (χ3v) is 4.73. The van der Waals surface area contributed by atoms with Crippen LogP contribution in [0.4, 0.5) is 0 Å². The van der Waals surface area contributed by atoms with E-state index in [-0.39, 0.29) is 23.7 Å². The Hall–Kier alpha value is -2.30. The number of carbonyl (C=O) groups excluding carboxylic acids is 1. The molecular weight excluding hydrogens is 318 g/mol. The van der Waals surface area contributed by atoms with Gasteiger partial charge >= 0.3 is 0 Å². The third kappa shape index (κ3) is 3.41. The van der Waals surface area contributed by atoms with Crippen molar-refractivity contribution in [2.75, 3.05) is 19.8 Å². The average molecular weight is 341 g/mol. The Morgan fingerprint density at radius 2 is 2.24 bits per heavy atom. The molecule has 7 heteroatoms. The van der Waals surface area contributed by atoms with Crippen LogP contribution >= 0.6 is 0 Å². The summed E-state index contributed by atoms with van der Waals surface area (Å²) in [6.45, 7) is 5.17. The standard InChI is InChI=1S/C18H23N5O2/c1-18(2)5-12-17(15(24)6-18)16(13-8-21-10-22-13)11(7-20)14(23-12)9-25-4-3-19/h8,10,16-17H,3-6,9,19H2,1-2H3,(H,21,22). The zero-order valence-corrected chi connectivity index (χ0v) is 14.6. The maximum absolute atomic E-state index is 12.9. The number of carbonyl (C=O) groups is 1. The number of nitriles is 1. The predicted molar refractivity (Wildman–Crippen MR) is 92.8 cm³/mol. The van der Waals surface area contributed by atoms with Crippen LogP contribution in [0.5, 0.6) is 0 Å². The van der Waals surface area contributed by atoms with Crippen molar-refractivity contribution in [3.8, 4) is 6.07 Å². The van der Waals surface area contributed by atoms with Gasteiger partial charge in [0.05, 0.1) is 48.7 Å². The van der Waals surface area contributed by atoms with Crippen LogP contribution in [0.2, 0.25) is 0 Å². The first-order valence-electron chi connectivity index (χ1n) is 8.46. The van der Waals surface area contributed by atoms with Gasteiger partial charge in [0.2, 0.25) is 0 Å². The fraction of sp³-hybridized carbons (Fsp3) is 0.556. The highest BCUT2D eigenvalue weighted by Crippen LogP contribution is 2.45. The molecule has 2 atom stereocenters. The number of Topliss-reactive ketones (excluding diaryl/α,β-unsaturated/α-hetero) is 1. The first-order chi connectivity index (χ1) is 12.0. The molecule has 0 bridgehead atoms. The number of ether oxygens (including phenoxy) is 1. The van der Waals surface area contributed by atoms with Gasteiger partial charge in [-0.1, -0.05) is 13.8 Å². The van der Waals surface area contributed by atoms with Crippen molar-refractivity contribution in [1.29, 1.82) is 5.26 Å². The third-order valence-electron chi connectivity index (χ3n) is 4.73. The van der Waals surface area contributed by atoms with Crippen molar-refractivity contribution in [1.82, 2.24) is 9.97 Å². The summed E-state index contributed by atoms with van der Waals surface area (Å²) in [7, 11) is 0. The summed E-state index contributed by atoms with van der Waals surface area (Å²) in [5.41, 5.74) is 8.02. The molecule has 0 spiro atoms. The van der Waals surface area contributed by atoms with Crippen LogP contribution in [-0.2, 0) is 9.53 Å². The minimum atomic E-state index is -0.401. The number of hydrogen-bond acceptors (Lipinski definition) is 6. The van der Waals surface area contributed by atoms with E-state index in [2.05, 4.69) is 34.9 Å². The van der Waals surface area contributed by atoms with Gasteiger partial charge < -0.3 is 15.5 Å². The zero-order valence-electron chi connectivity index (χ0n) is 14.6. The van der Waals surface area contributed by atoms with E-state index in [4.69, 9.17) is 10.5 Å². The number of nitrogens with one attached hydrogen (secondary N) is 1. The van der Waals surface area contributed by atoms with E-state index in [0.717, 1.165) is 17.8 Å². The number of hydrogen-bond donors (Lipinski definition) is 2. The second kappa shape index (κ2) is 6.90. The molecule has 132 valence electrons. The maximum atomic E-state index is 12.9. The second-order valence-electron chi connectivity index (χ2n) is 7.36. The van der Waals surface area contributed by atoms with Gasteiger partial charge in [-0.05, 0) is 11.8 Å². The number of aromatic amines is 1. The topological polar surface area (TPSA) is 117 Å². The van der Waals surface area contributed by atoms with Gasteiger partial charge in [0.15, 0.2) is 0 Å². The van der Waals surface area contributed by atoms with Gasteiger partial charge in [-0.15, -0.1) is 0 Å². The molecule has 1 saturated carbocycles. The Morgan fingerprint density at radius 1 is 1.44 bits per heavy atom. The summed E-state index contributed by atoms with van der Waals surface area (Å²) < 4.78 is 5.53. The Bertz CT molecular complexity index is 755. The number of imidazole rings is 1. The van der Waals surface area contributed by atoms with Crippen molar-refractivity contribution in [2.45, 2.75) is 32.6 Å². The lowest BCUT2D eigenvalue weighted by Gasteiger charge is -2.40. The molecule has 3 N–H and O–H groups in total. The molecule has 0 saturated heterocycles. The van der Waals surface area contributed by atoms with Gasteiger partial charge in [0.25, 0.3) is 0 Å². The Balaban J connectivity index is 2.06. The first kappa shape index (κ1) is 17.5. The summed E-state index contributed by atoms with van der Waals surface area (Å²) in [5.74, 6) is -0.647. The van der Waals surface area contributed by atoms with Crippen LogP contribution in [0.3, 0.4) is 0 Å². The van der Waals surface area contributed by atoms with Crippen molar-refractivity contribution < 1.29 is 9.53 Å². The van der Waals surface area contributed by atoms with Crippen molar-refractivity contribution in [2.24, 2.45) is 22.1 Å². The second-order valence-corrected chi connectivity index (χ2v) is 7.36. The van der Waals surface area contributed by atoms with Crippen molar-refractivity contribution in [3.05, 3.63) is 29.5 Å². The summed E-state index contributed by atoms with van der Waals surface area (Å²) >= 11 is 0. The van der Waals surface area contributed by atoms with Crippen molar-refractivity contribution in [3.63, 3.8) is 0 Å². The van der Waals surface area contributed by atoms with E-state index in [1.807, 2.05) is 0 Å². The number of H-pyrrole nitrogens is 1. The van der Waals surface area contributed by atoms with Crippen LogP contribution in [0, 0.1) is 22.7 Å². The maximum Gasteiger partial charge on any atom is 0.143 e. The van der Waals surface area contributed by atoms with Crippen LogP contribution in [-0.4, -0.2) is 41.2 Å². The lowest BCUT2D eigenvalue weighted by molar-refractivity contribution is -0.124. The van der Waals surface area contributed by atoms with E-state index >= 15 is 0 Å². The molecule has 0 aromatic carbocycles. The molecule has 1 aliphatic heterocycles. The van der Waals surface area contributed by atoms with E-state index in [9.17, 15) is 10.1 Å². The molecule has 1 aliphatic carbocycles. The van der Waals surface area contributed by atoms with Crippen LogP contribution in [0.25, 0.3) is 0 Å². The fourth-order valence-corrected chi connectivity index (χ4v) is 3.77. The number of ketones is 1. The van der Waals surface area contributed by atoms with Gasteiger partial charge in [-0.3, -0.25) is 9.79 Å². The van der Waals surface area contributed by atoms with Gasteiger partial charge in [0, 0.05) is 30.6 Å². The van der Waals surface area contributed by atoms with Gasteiger partial charge in [-0.2, -0.15) is 5.26 Å². The summed E-state index contributed by atoms with van der Waals surface area (Å²) in [5, 5.41) is 9.76. The van der Waals surface area contributed by atoms with E-state index in [0.29, 0.717) is 30.8 Å².